The van der Waals surface area contributed by atoms with Crippen LogP contribution in [0.5, 0.6) is 0 Å². The summed E-state index contributed by atoms with van der Waals surface area (Å²) in [4.78, 5) is 10.9. The Bertz CT molecular complexity index is 676. The number of halogens is 4. The monoisotopic (exact) mass is 337 g/mol. The highest BCUT2D eigenvalue weighted by Crippen LogP contribution is 2.74. The van der Waals surface area contributed by atoms with E-state index >= 15 is 0 Å². The first-order valence-corrected chi connectivity index (χ1v) is 10.7. The van der Waals surface area contributed by atoms with Crippen LogP contribution >= 0.6 is 8.29 Å². The summed E-state index contributed by atoms with van der Waals surface area (Å²) in [6.07, 6.45) is 5.01. The summed E-state index contributed by atoms with van der Waals surface area (Å²) in [7, 11) is -2.55. The van der Waals surface area contributed by atoms with Crippen LogP contribution in [0.2, 0.25) is 0 Å². The van der Waals surface area contributed by atoms with E-state index in [9.17, 15) is 22.4 Å². The molecule has 0 saturated carbocycles. The molecule has 0 heterocycles. The van der Waals surface area contributed by atoms with Gasteiger partial charge in [-0.1, -0.05) is 11.2 Å². The molecule has 124 valence electrons. The summed E-state index contributed by atoms with van der Waals surface area (Å²) in [5.41, 5.74) is -0.212. The molecule has 0 saturated heterocycles. The summed E-state index contributed by atoms with van der Waals surface area (Å²) >= 11 is 0. The molecule has 0 fully saturated rings. The largest absolute Gasteiger partial charge is 0.471 e. The lowest BCUT2D eigenvalue weighted by molar-refractivity contribution is -0.167. The van der Waals surface area contributed by atoms with Crippen molar-refractivity contribution in [3.63, 3.8) is 0 Å². The summed E-state index contributed by atoms with van der Waals surface area (Å²) in [5, 5.41) is 4.64. The zero-order valence-electron chi connectivity index (χ0n) is 13.1. The van der Waals surface area contributed by atoms with Gasteiger partial charge >= 0.3 is 12.1 Å². The first-order valence-electron chi connectivity index (χ1n) is 6.19. The first-order chi connectivity index (χ1) is 9.46. The number of nitrogens with one attached hydrogen (secondary N) is 1. The number of hydrogen-bond acceptors (Lipinski definition) is 1. The number of rotatable bonds is 1. The van der Waals surface area contributed by atoms with Gasteiger partial charge in [0.15, 0.2) is 0 Å². The molecule has 0 atom stereocenters. The van der Waals surface area contributed by atoms with Gasteiger partial charge in [0.05, 0.1) is 5.69 Å². The fourth-order valence-electron chi connectivity index (χ4n) is 1.21. The lowest BCUT2D eigenvalue weighted by atomic mass is 10.2. The van der Waals surface area contributed by atoms with E-state index < -0.39 is 31.9 Å². The van der Waals surface area contributed by atoms with Gasteiger partial charge in [-0.05, 0) is 49.5 Å². The Morgan fingerprint density at radius 2 is 1.68 bits per heavy atom. The van der Waals surface area contributed by atoms with Crippen molar-refractivity contribution in [2.75, 3.05) is 36.6 Å². The van der Waals surface area contributed by atoms with Gasteiger partial charge in [-0.3, -0.25) is 4.79 Å². The summed E-state index contributed by atoms with van der Waals surface area (Å²) in [5.74, 6) is -0.327. The maximum Gasteiger partial charge on any atom is 0.471 e. The van der Waals surface area contributed by atoms with Crippen LogP contribution in [-0.4, -0.2) is 43.4 Å². The normalized spacial score (nSPS) is 15.1. The van der Waals surface area contributed by atoms with E-state index in [1.54, 1.807) is 0 Å². The SMILES string of the molecule is CS(C)(C)(C)(C)C#Cc1ccc(F)c(NC(=O)C(F)(F)F)c1. The number of amides is 1. The molecule has 7 heteroatoms. The lowest BCUT2D eigenvalue weighted by Gasteiger charge is -2.60. The van der Waals surface area contributed by atoms with Crippen molar-refractivity contribution >= 4 is 19.9 Å². The minimum Gasteiger partial charge on any atom is -0.316 e. The minimum absolute atomic E-state index is 0.332. The summed E-state index contributed by atoms with van der Waals surface area (Å²) in [6, 6.07) is 3.42. The molecule has 0 spiro atoms. The third-order valence-corrected chi connectivity index (χ3v) is 3.30. The summed E-state index contributed by atoms with van der Waals surface area (Å²) < 4.78 is 50.2. The van der Waals surface area contributed by atoms with Gasteiger partial charge < -0.3 is 5.32 Å². The Balaban J connectivity index is 3.18. The van der Waals surface area contributed by atoms with Crippen molar-refractivity contribution < 1.29 is 22.4 Å². The van der Waals surface area contributed by atoms with Crippen LogP contribution in [0.25, 0.3) is 0 Å². The van der Waals surface area contributed by atoms with Crippen LogP contribution in [0.15, 0.2) is 18.2 Å². The Kier molecular flexibility index (Phi) is 3.89. The predicted octanol–water partition coefficient (Wildman–Crippen LogP) is 3.66. The average Bonchev–Trinajstić information content (AvgIpc) is 2.26. The van der Waals surface area contributed by atoms with Gasteiger partial charge in [-0.2, -0.15) is 13.2 Å². The fraction of sp³-hybridized carbons (Fsp3) is 0.400. The van der Waals surface area contributed by atoms with Gasteiger partial charge in [-0.15, -0.1) is 0 Å². The van der Waals surface area contributed by atoms with Crippen LogP contribution in [0.3, 0.4) is 0 Å². The second-order valence-electron chi connectivity index (χ2n) is 7.98. The zero-order valence-corrected chi connectivity index (χ0v) is 13.9. The third kappa shape index (κ3) is 6.39. The zero-order chi connectivity index (χ0) is 17.5. The average molecular weight is 337 g/mol. The van der Waals surface area contributed by atoms with Crippen LogP contribution in [0.4, 0.5) is 23.2 Å². The highest BCUT2D eigenvalue weighted by Gasteiger charge is 2.39. The third-order valence-electron chi connectivity index (χ3n) is 2.18. The maximum atomic E-state index is 13.5. The minimum atomic E-state index is -5.08. The smallest absolute Gasteiger partial charge is 0.316 e. The van der Waals surface area contributed by atoms with E-state index in [0.29, 0.717) is 5.56 Å². The molecule has 0 unspecified atom stereocenters. The topological polar surface area (TPSA) is 29.1 Å². The molecule has 0 radical (unpaired) electrons. The van der Waals surface area contributed by atoms with Crippen LogP contribution in [-0.2, 0) is 4.79 Å². The van der Waals surface area contributed by atoms with Crippen LogP contribution in [0, 0.1) is 17.0 Å². The molecule has 2 nitrogen and oxygen atoms in total. The first kappa shape index (κ1) is 18.4. The van der Waals surface area contributed by atoms with E-state index in [-0.39, 0.29) is 0 Å². The van der Waals surface area contributed by atoms with Gasteiger partial charge in [0.2, 0.25) is 0 Å². The highest BCUT2D eigenvalue weighted by atomic mass is 32.4. The molecule has 1 rings (SSSR count). The Morgan fingerprint density at radius 3 is 2.14 bits per heavy atom. The lowest BCUT2D eigenvalue weighted by Crippen LogP contribution is -2.30. The number of benzene rings is 1. The van der Waals surface area contributed by atoms with E-state index in [1.165, 1.54) is 11.4 Å². The molecule has 0 aliphatic rings. The molecule has 0 bridgehead atoms. The number of carbonyl (C=O) groups excluding carboxylic acids is 1. The van der Waals surface area contributed by atoms with E-state index in [2.05, 4.69) is 11.2 Å². The number of carbonyl (C=O) groups is 1. The van der Waals surface area contributed by atoms with E-state index in [0.717, 1.165) is 12.1 Å². The Morgan fingerprint density at radius 1 is 1.14 bits per heavy atom. The van der Waals surface area contributed by atoms with Crippen molar-refractivity contribution in [2.45, 2.75) is 6.18 Å². The molecule has 1 aromatic rings. The quantitative estimate of drug-likeness (QED) is 0.615. The van der Waals surface area contributed by atoms with Crippen molar-refractivity contribution in [2.24, 2.45) is 0 Å². The van der Waals surface area contributed by atoms with E-state index in [4.69, 9.17) is 0 Å². The van der Waals surface area contributed by atoms with Crippen molar-refractivity contribution in [1.82, 2.24) is 0 Å². The van der Waals surface area contributed by atoms with Crippen molar-refractivity contribution in [3.8, 4) is 11.2 Å². The van der Waals surface area contributed by atoms with Gasteiger partial charge in [0.1, 0.15) is 5.82 Å². The molecule has 1 amide bonds. The van der Waals surface area contributed by atoms with Crippen molar-refractivity contribution in [1.29, 1.82) is 0 Å². The second-order valence-corrected chi connectivity index (χ2v) is 18.4. The molecule has 1 aromatic carbocycles. The molecular weight excluding hydrogens is 318 g/mol. The molecule has 0 aromatic heterocycles. The Hall–Kier alpha value is -1.68. The maximum absolute atomic E-state index is 13.5. The number of hydrogen-bond donors (Lipinski definition) is 1. The van der Waals surface area contributed by atoms with Crippen LogP contribution < -0.4 is 5.32 Å². The van der Waals surface area contributed by atoms with Gasteiger partial charge in [-0.25, -0.2) is 12.7 Å². The van der Waals surface area contributed by atoms with Gasteiger partial charge in [0, 0.05) is 5.56 Å². The van der Waals surface area contributed by atoms with Crippen molar-refractivity contribution in [3.05, 3.63) is 29.6 Å². The second kappa shape index (κ2) is 4.66. The number of anilines is 1. The predicted molar refractivity (Wildman–Crippen MR) is 85.2 cm³/mol. The number of alkyl halides is 3. The standard InChI is InChI=1S/C15H19F4NOS/c1-22(2,3,4,5)9-8-11-6-7-12(16)13(10-11)20-14(21)15(17,18)19/h6-7,10H,1-5H3,(H,20,21). The molecule has 22 heavy (non-hydrogen) atoms. The molecule has 1 N–H and O–H groups in total. The molecular formula is C15H19F4NOS. The Labute approximate surface area is 126 Å². The summed E-state index contributed by atoms with van der Waals surface area (Å²) in [6.45, 7) is 0. The fourth-order valence-corrected chi connectivity index (χ4v) is 1.83. The van der Waals surface area contributed by atoms with Crippen LogP contribution in [0.1, 0.15) is 5.56 Å². The molecule has 0 aliphatic carbocycles. The highest BCUT2D eigenvalue weighted by molar-refractivity contribution is 8.65. The molecule has 0 aliphatic heterocycles. The van der Waals surface area contributed by atoms with Gasteiger partial charge in [0.25, 0.3) is 0 Å². The van der Waals surface area contributed by atoms with E-state index in [1.807, 2.05) is 31.3 Å².